The highest BCUT2D eigenvalue weighted by molar-refractivity contribution is 5.86. The molecule has 0 radical (unpaired) electrons. The van der Waals surface area contributed by atoms with E-state index in [0.717, 1.165) is 16.3 Å². The highest BCUT2D eigenvalue weighted by atomic mass is 16.4. The van der Waals surface area contributed by atoms with Crippen LogP contribution in [0.3, 0.4) is 0 Å². The van der Waals surface area contributed by atoms with Gasteiger partial charge in [0.15, 0.2) is 5.96 Å². The first-order chi connectivity index (χ1) is 13.3. The SMILES string of the molecule is NC(N)=NC(CC[C@H](N)C(=O)O)N[C@@H](Cc1cccc2ccccc12)C(=O)O. The third-order valence-electron chi connectivity index (χ3n) is 4.37. The number of nitrogens with zero attached hydrogens (tertiary/aromatic N) is 1. The highest BCUT2D eigenvalue weighted by Gasteiger charge is 2.24. The normalized spacial score (nSPS) is 14.2. The lowest BCUT2D eigenvalue weighted by atomic mass is 9.98. The van der Waals surface area contributed by atoms with Crippen molar-refractivity contribution in [3.63, 3.8) is 0 Å². The second-order valence-corrected chi connectivity index (χ2v) is 6.49. The summed E-state index contributed by atoms with van der Waals surface area (Å²) in [5, 5.41) is 23.5. The second-order valence-electron chi connectivity index (χ2n) is 6.49. The molecular weight excluding hydrogens is 362 g/mol. The molecule has 0 aliphatic carbocycles. The van der Waals surface area contributed by atoms with Crippen molar-refractivity contribution in [2.45, 2.75) is 37.5 Å². The van der Waals surface area contributed by atoms with E-state index in [2.05, 4.69) is 10.3 Å². The number of carboxylic acids is 2. The number of hydrogen-bond acceptors (Lipinski definition) is 5. The summed E-state index contributed by atoms with van der Waals surface area (Å²) in [6.07, 6.45) is -0.306. The molecule has 0 aliphatic heterocycles. The molecule has 0 fully saturated rings. The predicted molar refractivity (Wildman–Crippen MR) is 107 cm³/mol. The summed E-state index contributed by atoms with van der Waals surface area (Å²) in [6.45, 7) is 0. The number of aliphatic imine (C=N–C) groups is 1. The number of nitrogens with one attached hydrogen (secondary N) is 1. The van der Waals surface area contributed by atoms with Crippen LogP contribution in [-0.4, -0.2) is 46.4 Å². The van der Waals surface area contributed by atoms with Gasteiger partial charge in [-0.15, -0.1) is 0 Å². The molecule has 2 rings (SSSR count). The lowest BCUT2D eigenvalue weighted by molar-refractivity contribution is -0.140. The molecule has 2 aromatic rings. The summed E-state index contributed by atoms with van der Waals surface area (Å²) in [7, 11) is 0. The molecule has 3 atom stereocenters. The van der Waals surface area contributed by atoms with Gasteiger partial charge in [-0.1, -0.05) is 42.5 Å². The molecular formula is C19H25N5O4. The van der Waals surface area contributed by atoms with Gasteiger partial charge in [-0.25, -0.2) is 4.99 Å². The van der Waals surface area contributed by atoms with E-state index in [1.165, 1.54) is 0 Å². The molecule has 9 nitrogen and oxygen atoms in total. The fraction of sp³-hybridized carbons (Fsp3) is 0.316. The molecule has 0 saturated heterocycles. The van der Waals surface area contributed by atoms with Gasteiger partial charge in [0.2, 0.25) is 0 Å². The van der Waals surface area contributed by atoms with Gasteiger partial charge in [0.25, 0.3) is 0 Å². The molecule has 0 aromatic heterocycles. The van der Waals surface area contributed by atoms with Crippen molar-refractivity contribution in [1.82, 2.24) is 5.32 Å². The predicted octanol–water partition coefficient (Wildman–Crippen LogP) is 0.217. The number of aliphatic carboxylic acids is 2. The number of carboxylic acid groups (broad SMARTS) is 2. The number of nitrogens with two attached hydrogens (primary N) is 3. The molecule has 0 amide bonds. The number of guanidine groups is 1. The summed E-state index contributed by atoms with van der Waals surface area (Å²) in [6, 6.07) is 11.3. The Labute approximate surface area is 162 Å². The van der Waals surface area contributed by atoms with Crippen LogP contribution in [0, 0.1) is 0 Å². The smallest absolute Gasteiger partial charge is 0.321 e. The molecule has 2 aromatic carbocycles. The Kier molecular flexibility index (Phi) is 7.30. The summed E-state index contributed by atoms with van der Waals surface area (Å²) in [4.78, 5) is 26.7. The number of rotatable bonds is 10. The van der Waals surface area contributed by atoms with Gasteiger partial charge in [0.1, 0.15) is 18.2 Å². The molecule has 0 bridgehead atoms. The van der Waals surface area contributed by atoms with Gasteiger partial charge < -0.3 is 27.4 Å². The Balaban J connectivity index is 2.19. The fourth-order valence-corrected chi connectivity index (χ4v) is 2.97. The second kappa shape index (κ2) is 9.67. The largest absolute Gasteiger partial charge is 0.480 e. The molecule has 0 aliphatic rings. The number of carbonyl (C=O) groups is 2. The van der Waals surface area contributed by atoms with E-state index in [1.54, 1.807) is 0 Å². The van der Waals surface area contributed by atoms with Gasteiger partial charge in [0, 0.05) is 0 Å². The molecule has 0 saturated carbocycles. The number of hydrogen-bond donors (Lipinski definition) is 6. The summed E-state index contributed by atoms with van der Waals surface area (Å²) in [5.74, 6) is -2.43. The van der Waals surface area contributed by atoms with Crippen LogP contribution in [0.4, 0.5) is 0 Å². The van der Waals surface area contributed by atoms with E-state index in [1.807, 2.05) is 42.5 Å². The average Bonchev–Trinajstić information content (AvgIpc) is 2.64. The zero-order valence-corrected chi connectivity index (χ0v) is 15.3. The van der Waals surface area contributed by atoms with Crippen LogP contribution in [0.1, 0.15) is 18.4 Å². The first-order valence-corrected chi connectivity index (χ1v) is 8.80. The minimum atomic E-state index is -1.14. The van der Waals surface area contributed by atoms with Crippen LogP contribution < -0.4 is 22.5 Å². The molecule has 150 valence electrons. The van der Waals surface area contributed by atoms with Gasteiger partial charge in [0.05, 0.1) is 0 Å². The van der Waals surface area contributed by atoms with Crippen molar-refractivity contribution in [3.05, 3.63) is 48.0 Å². The maximum atomic E-state index is 11.8. The van der Waals surface area contributed by atoms with Crippen LogP contribution >= 0.6 is 0 Å². The molecule has 28 heavy (non-hydrogen) atoms. The van der Waals surface area contributed by atoms with Crippen molar-refractivity contribution < 1.29 is 19.8 Å². The molecule has 0 spiro atoms. The monoisotopic (exact) mass is 387 g/mol. The van der Waals surface area contributed by atoms with Gasteiger partial charge in [-0.05, 0) is 35.6 Å². The van der Waals surface area contributed by atoms with E-state index in [0.29, 0.717) is 0 Å². The molecule has 1 unspecified atom stereocenters. The van der Waals surface area contributed by atoms with Crippen molar-refractivity contribution in [2.75, 3.05) is 0 Å². The Morgan fingerprint density at radius 2 is 1.68 bits per heavy atom. The molecule has 9 heteroatoms. The lowest BCUT2D eigenvalue weighted by Crippen LogP contribution is -2.46. The minimum absolute atomic E-state index is 0.0877. The standard InChI is InChI=1S/C19H25N5O4/c20-14(17(25)26)8-9-16(24-19(21)22)23-15(18(27)28)10-12-6-3-5-11-4-1-2-7-13(11)12/h1-7,14-16,23H,8-10,20H2,(H,25,26)(H,27,28)(H4,21,22,24)/t14-,15-,16?/m0/s1. The molecule has 9 N–H and O–H groups in total. The zero-order chi connectivity index (χ0) is 20.7. The van der Waals surface area contributed by atoms with Crippen molar-refractivity contribution in [3.8, 4) is 0 Å². The van der Waals surface area contributed by atoms with Crippen LogP contribution in [0.15, 0.2) is 47.5 Å². The van der Waals surface area contributed by atoms with E-state index in [-0.39, 0.29) is 25.2 Å². The third-order valence-corrected chi connectivity index (χ3v) is 4.37. The van der Waals surface area contributed by atoms with Crippen LogP contribution in [0.25, 0.3) is 10.8 Å². The fourth-order valence-electron chi connectivity index (χ4n) is 2.97. The first kappa shape index (κ1) is 21.1. The van der Waals surface area contributed by atoms with E-state index in [9.17, 15) is 14.7 Å². The summed E-state index contributed by atoms with van der Waals surface area (Å²) >= 11 is 0. The van der Waals surface area contributed by atoms with Crippen LogP contribution in [0.2, 0.25) is 0 Å². The van der Waals surface area contributed by atoms with Crippen molar-refractivity contribution in [1.29, 1.82) is 0 Å². The number of benzene rings is 2. The van der Waals surface area contributed by atoms with Crippen molar-refractivity contribution in [2.24, 2.45) is 22.2 Å². The first-order valence-electron chi connectivity index (χ1n) is 8.80. The van der Waals surface area contributed by atoms with E-state index >= 15 is 0 Å². The minimum Gasteiger partial charge on any atom is -0.480 e. The van der Waals surface area contributed by atoms with E-state index in [4.69, 9.17) is 22.3 Å². The average molecular weight is 387 g/mol. The van der Waals surface area contributed by atoms with Crippen LogP contribution in [-0.2, 0) is 16.0 Å². The third kappa shape index (κ3) is 5.93. The van der Waals surface area contributed by atoms with Gasteiger partial charge >= 0.3 is 11.9 Å². The number of fused-ring (bicyclic) bond motifs is 1. The Bertz CT molecular complexity index is 861. The maximum Gasteiger partial charge on any atom is 0.321 e. The lowest BCUT2D eigenvalue weighted by Gasteiger charge is -2.22. The highest BCUT2D eigenvalue weighted by Crippen LogP contribution is 2.20. The topological polar surface area (TPSA) is 177 Å². The zero-order valence-electron chi connectivity index (χ0n) is 15.3. The maximum absolute atomic E-state index is 11.8. The van der Waals surface area contributed by atoms with Crippen molar-refractivity contribution >= 4 is 28.7 Å². The quantitative estimate of drug-likeness (QED) is 0.247. The summed E-state index contributed by atoms with van der Waals surface area (Å²) < 4.78 is 0. The van der Waals surface area contributed by atoms with Gasteiger partial charge in [-0.3, -0.25) is 14.9 Å². The van der Waals surface area contributed by atoms with Crippen LogP contribution in [0.5, 0.6) is 0 Å². The van der Waals surface area contributed by atoms with E-state index < -0.39 is 30.2 Å². The molecule has 0 heterocycles. The van der Waals surface area contributed by atoms with Gasteiger partial charge in [-0.2, -0.15) is 0 Å². The Morgan fingerprint density at radius 3 is 2.32 bits per heavy atom. The summed E-state index contributed by atoms with van der Waals surface area (Å²) in [5.41, 5.74) is 17.2. The Morgan fingerprint density at radius 1 is 1.00 bits per heavy atom. The Hall–Kier alpha value is -3.17.